The molecule has 0 spiro atoms. The minimum absolute atomic E-state index is 0.0515. The summed E-state index contributed by atoms with van der Waals surface area (Å²) in [6.07, 6.45) is 7.95. The first-order valence-electron chi connectivity index (χ1n) is 6.36. The fourth-order valence-corrected chi connectivity index (χ4v) is 2.52. The second-order valence-corrected chi connectivity index (χ2v) is 5.14. The van der Waals surface area contributed by atoms with Crippen molar-refractivity contribution in [1.82, 2.24) is 19.5 Å². The highest BCUT2D eigenvalue weighted by Crippen LogP contribution is 2.28. The van der Waals surface area contributed by atoms with E-state index in [1.807, 2.05) is 0 Å². The van der Waals surface area contributed by atoms with Gasteiger partial charge in [-0.2, -0.15) is 5.10 Å². The Hall–Kier alpha value is -1.95. The third kappa shape index (κ3) is 2.19. The van der Waals surface area contributed by atoms with Gasteiger partial charge in [-0.15, -0.1) is 0 Å². The third-order valence-corrected chi connectivity index (χ3v) is 3.64. The molecule has 0 radical (unpaired) electrons. The number of carbonyl (C=O) groups is 1. The van der Waals surface area contributed by atoms with Crippen LogP contribution in [0.25, 0.3) is 5.52 Å². The highest BCUT2D eigenvalue weighted by molar-refractivity contribution is 6.00. The van der Waals surface area contributed by atoms with Gasteiger partial charge < -0.3 is 10.0 Å². The van der Waals surface area contributed by atoms with E-state index in [2.05, 4.69) is 10.1 Å². The van der Waals surface area contributed by atoms with Crippen LogP contribution in [0.2, 0.25) is 0 Å². The van der Waals surface area contributed by atoms with Gasteiger partial charge >= 0.3 is 0 Å². The molecule has 0 aliphatic heterocycles. The topological polar surface area (TPSA) is 70.7 Å². The summed E-state index contributed by atoms with van der Waals surface area (Å²) in [6, 6.07) is 0. The first kappa shape index (κ1) is 12.1. The van der Waals surface area contributed by atoms with Gasteiger partial charge in [0.25, 0.3) is 5.91 Å². The van der Waals surface area contributed by atoms with E-state index in [9.17, 15) is 9.90 Å². The number of amides is 1. The van der Waals surface area contributed by atoms with Crippen LogP contribution >= 0.6 is 0 Å². The Bertz CT molecular complexity index is 603. The maximum atomic E-state index is 12.4. The molecule has 6 heteroatoms. The van der Waals surface area contributed by atoms with E-state index < -0.39 is 0 Å². The van der Waals surface area contributed by atoms with Gasteiger partial charge in [0, 0.05) is 26.0 Å². The lowest BCUT2D eigenvalue weighted by Crippen LogP contribution is -2.39. The molecule has 1 N–H and O–H groups in total. The molecule has 3 rings (SSSR count). The molecule has 1 aliphatic carbocycles. The van der Waals surface area contributed by atoms with Gasteiger partial charge in [0.15, 0.2) is 0 Å². The lowest BCUT2D eigenvalue weighted by Gasteiger charge is -2.34. The number of nitrogens with zero attached hydrogens (tertiary/aromatic N) is 4. The van der Waals surface area contributed by atoms with E-state index in [-0.39, 0.29) is 12.0 Å². The van der Waals surface area contributed by atoms with Gasteiger partial charge in [0.2, 0.25) is 0 Å². The second-order valence-electron chi connectivity index (χ2n) is 5.14. The molecular weight excluding hydrogens is 244 g/mol. The van der Waals surface area contributed by atoms with Crippen molar-refractivity contribution in [1.29, 1.82) is 0 Å². The number of hydrogen-bond acceptors (Lipinski definition) is 4. The van der Waals surface area contributed by atoms with E-state index in [0.29, 0.717) is 23.5 Å². The molecule has 0 bridgehead atoms. The van der Waals surface area contributed by atoms with Crippen LogP contribution in [0.5, 0.6) is 0 Å². The lowest BCUT2D eigenvalue weighted by atomic mass is 9.82. The van der Waals surface area contributed by atoms with Crippen LogP contribution in [0.4, 0.5) is 0 Å². The number of rotatable bonds is 3. The van der Waals surface area contributed by atoms with Crippen LogP contribution in [0.1, 0.15) is 23.2 Å². The summed E-state index contributed by atoms with van der Waals surface area (Å²) < 4.78 is 1.64. The summed E-state index contributed by atoms with van der Waals surface area (Å²) in [7, 11) is 1.78. The standard InChI is InChI=1S/C13H16N4O2/c1-16(8-9-4-10(18)5-9)13(19)11-6-15-17-3-2-14-7-12(11)17/h2-3,6-7,9-10,18H,4-5,8H2,1H3. The third-order valence-electron chi connectivity index (χ3n) is 3.64. The van der Waals surface area contributed by atoms with Crippen molar-refractivity contribution in [2.75, 3.05) is 13.6 Å². The number of aromatic nitrogens is 3. The fourth-order valence-electron chi connectivity index (χ4n) is 2.52. The van der Waals surface area contributed by atoms with Gasteiger partial charge in [-0.3, -0.25) is 9.78 Å². The SMILES string of the molecule is CN(CC1CC(O)C1)C(=O)c1cnn2ccncc12. The van der Waals surface area contributed by atoms with Crippen LogP contribution in [0.15, 0.2) is 24.8 Å². The first-order valence-corrected chi connectivity index (χ1v) is 6.36. The van der Waals surface area contributed by atoms with Crippen molar-refractivity contribution in [2.24, 2.45) is 5.92 Å². The molecule has 1 fully saturated rings. The van der Waals surface area contributed by atoms with Crippen LogP contribution in [0.3, 0.4) is 0 Å². The molecule has 0 unspecified atom stereocenters. The summed E-state index contributed by atoms with van der Waals surface area (Å²) in [5, 5.41) is 13.4. The van der Waals surface area contributed by atoms with Gasteiger partial charge in [-0.25, -0.2) is 4.52 Å². The molecule has 1 amide bonds. The Balaban J connectivity index is 1.75. The zero-order valence-corrected chi connectivity index (χ0v) is 10.7. The molecule has 100 valence electrons. The minimum atomic E-state index is -0.185. The van der Waals surface area contributed by atoms with Crippen LogP contribution < -0.4 is 0 Å². The summed E-state index contributed by atoms with van der Waals surface area (Å²) in [6.45, 7) is 0.674. The van der Waals surface area contributed by atoms with Crippen molar-refractivity contribution in [2.45, 2.75) is 18.9 Å². The van der Waals surface area contributed by atoms with Gasteiger partial charge in [0.1, 0.15) is 0 Å². The van der Waals surface area contributed by atoms with Crippen molar-refractivity contribution >= 4 is 11.4 Å². The maximum Gasteiger partial charge on any atom is 0.257 e. The van der Waals surface area contributed by atoms with Crippen LogP contribution in [-0.4, -0.2) is 50.2 Å². The first-order chi connectivity index (χ1) is 9.15. The molecular formula is C13H16N4O2. The number of aliphatic hydroxyl groups excluding tert-OH is 1. The predicted molar refractivity (Wildman–Crippen MR) is 68.7 cm³/mol. The molecule has 2 heterocycles. The molecule has 0 saturated heterocycles. The average Bonchev–Trinajstić information content (AvgIpc) is 2.79. The molecule has 19 heavy (non-hydrogen) atoms. The number of fused-ring (bicyclic) bond motifs is 1. The van der Waals surface area contributed by atoms with Crippen molar-refractivity contribution < 1.29 is 9.90 Å². The molecule has 2 aromatic heterocycles. The quantitative estimate of drug-likeness (QED) is 0.876. The van der Waals surface area contributed by atoms with E-state index >= 15 is 0 Å². The zero-order valence-electron chi connectivity index (χ0n) is 10.7. The Morgan fingerprint density at radius 3 is 3.05 bits per heavy atom. The Morgan fingerprint density at radius 1 is 1.53 bits per heavy atom. The van der Waals surface area contributed by atoms with Gasteiger partial charge in [0.05, 0.1) is 29.6 Å². The summed E-state index contributed by atoms with van der Waals surface area (Å²) >= 11 is 0. The van der Waals surface area contributed by atoms with Crippen LogP contribution in [0, 0.1) is 5.92 Å². The molecule has 0 atom stereocenters. The van der Waals surface area contributed by atoms with E-state index in [4.69, 9.17) is 0 Å². The lowest BCUT2D eigenvalue weighted by molar-refractivity contribution is 0.0266. The molecule has 2 aromatic rings. The smallest absolute Gasteiger partial charge is 0.257 e. The largest absolute Gasteiger partial charge is 0.393 e. The molecule has 1 saturated carbocycles. The minimum Gasteiger partial charge on any atom is -0.393 e. The Morgan fingerprint density at radius 2 is 2.32 bits per heavy atom. The van der Waals surface area contributed by atoms with Crippen LogP contribution in [-0.2, 0) is 0 Å². The second kappa shape index (κ2) is 4.62. The number of hydrogen-bond donors (Lipinski definition) is 1. The van der Waals surface area contributed by atoms with Gasteiger partial charge in [-0.05, 0) is 18.8 Å². The summed E-state index contributed by atoms with van der Waals surface area (Å²) in [4.78, 5) is 18.1. The Labute approximate surface area is 110 Å². The normalized spacial score (nSPS) is 22.2. The molecule has 0 aromatic carbocycles. The summed E-state index contributed by atoms with van der Waals surface area (Å²) in [5.41, 5.74) is 1.28. The number of aliphatic hydroxyl groups is 1. The number of carbonyl (C=O) groups excluding carboxylic acids is 1. The van der Waals surface area contributed by atoms with Crippen molar-refractivity contribution in [3.05, 3.63) is 30.4 Å². The van der Waals surface area contributed by atoms with Crippen molar-refractivity contribution in [3.8, 4) is 0 Å². The predicted octanol–water partition coefficient (Wildman–Crippen LogP) is 0.572. The highest BCUT2D eigenvalue weighted by Gasteiger charge is 2.29. The monoisotopic (exact) mass is 260 g/mol. The fraction of sp³-hybridized carbons (Fsp3) is 0.462. The maximum absolute atomic E-state index is 12.4. The van der Waals surface area contributed by atoms with E-state index in [1.54, 1.807) is 41.3 Å². The highest BCUT2D eigenvalue weighted by atomic mass is 16.3. The van der Waals surface area contributed by atoms with Crippen molar-refractivity contribution in [3.63, 3.8) is 0 Å². The zero-order chi connectivity index (χ0) is 13.4. The van der Waals surface area contributed by atoms with E-state index in [0.717, 1.165) is 12.8 Å². The molecule has 6 nitrogen and oxygen atoms in total. The van der Waals surface area contributed by atoms with Gasteiger partial charge in [-0.1, -0.05) is 0 Å². The summed E-state index contributed by atoms with van der Waals surface area (Å²) in [5.74, 6) is 0.355. The average molecular weight is 260 g/mol. The van der Waals surface area contributed by atoms with E-state index in [1.165, 1.54) is 0 Å². The Kier molecular flexibility index (Phi) is 2.94. The molecule has 1 aliphatic rings.